The molecule has 27 heavy (non-hydrogen) atoms. The number of carbonyl (C=O) groups is 1. The Morgan fingerprint density at radius 3 is 2.78 bits per heavy atom. The fraction of sp³-hybridized carbons (Fsp3) is 0.316. The molecule has 0 spiro atoms. The minimum Gasteiger partial charge on any atom is -0.368 e. The van der Waals surface area contributed by atoms with Crippen LogP contribution >= 0.6 is 11.6 Å². The van der Waals surface area contributed by atoms with E-state index in [0.717, 1.165) is 53.8 Å². The van der Waals surface area contributed by atoms with Crippen molar-refractivity contribution in [2.45, 2.75) is 6.54 Å². The number of aromatic nitrogens is 3. The fourth-order valence-corrected chi connectivity index (χ4v) is 4.09. The van der Waals surface area contributed by atoms with Crippen LogP contribution in [0.25, 0.3) is 22.6 Å². The Morgan fingerprint density at radius 1 is 1.07 bits per heavy atom. The first-order valence-corrected chi connectivity index (χ1v) is 9.49. The van der Waals surface area contributed by atoms with Gasteiger partial charge >= 0.3 is 0 Å². The summed E-state index contributed by atoms with van der Waals surface area (Å²) in [6, 6.07) is 7.75. The highest BCUT2D eigenvalue weighted by Crippen LogP contribution is 2.33. The van der Waals surface area contributed by atoms with E-state index in [1.807, 2.05) is 12.1 Å². The molecule has 5 rings (SSSR count). The topological polar surface area (TPSA) is 75.1 Å². The Morgan fingerprint density at radius 2 is 1.93 bits per heavy atom. The van der Waals surface area contributed by atoms with Crippen LogP contribution in [0.2, 0.25) is 5.02 Å². The molecular formula is C19H19ClN6O. The number of piperazine rings is 1. The van der Waals surface area contributed by atoms with Gasteiger partial charge in [0, 0.05) is 51.0 Å². The number of benzene rings is 1. The lowest BCUT2D eigenvalue weighted by Crippen LogP contribution is -2.43. The van der Waals surface area contributed by atoms with Crippen molar-refractivity contribution < 1.29 is 4.79 Å². The van der Waals surface area contributed by atoms with Gasteiger partial charge in [-0.25, -0.2) is 9.97 Å². The van der Waals surface area contributed by atoms with Gasteiger partial charge in [-0.1, -0.05) is 11.6 Å². The lowest BCUT2D eigenvalue weighted by atomic mass is 10.1. The van der Waals surface area contributed by atoms with Crippen LogP contribution in [0.5, 0.6) is 0 Å². The van der Waals surface area contributed by atoms with Gasteiger partial charge in [0.2, 0.25) is 0 Å². The first-order valence-electron chi connectivity index (χ1n) is 9.11. The van der Waals surface area contributed by atoms with Crippen molar-refractivity contribution in [2.24, 2.45) is 0 Å². The summed E-state index contributed by atoms with van der Waals surface area (Å²) < 4.78 is 2.08. The summed E-state index contributed by atoms with van der Waals surface area (Å²) in [5.74, 6) is 0.736. The number of carbonyl (C=O) groups excluding carboxylic acids is 1. The Kier molecular flexibility index (Phi) is 3.98. The third-order valence-electron chi connectivity index (χ3n) is 5.17. The molecule has 0 atom stereocenters. The van der Waals surface area contributed by atoms with E-state index in [-0.39, 0.29) is 5.91 Å². The number of hydrogen-bond donors (Lipinski definition) is 2. The van der Waals surface area contributed by atoms with E-state index in [1.54, 1.807) is 12.3 Å². The second-order valence-corrected chi connectivity index (χ2v) is 7.18. The first-order chi connectivity index (χ1) is 13.2. The number of anilines is 1. The van der Waals surface area contributed by atoms with E-state index >= 15 is 0 Å². The van der Waals surface area contributed by atoms with Crippen molar-refractivity contribution in [1.82, 2.24) is 25.2 Å². The zero-order chi connectivity index (χ0) is 18.4. The number of hydrogen-bond acceptors (Lipinski definition) is 5. The molecule has 0 aliphatic carbocycles. The van der Waals surface area contributed by atoms with Crippen LogP contribution in [0.1, 0.15) is 10.4 Å². The van der Waals surface area contributed by atoms with E-state index < -0.39 is 0 Å². The Bertz CT molecular complexity index is 1040. The first kappa shape index (κ1) is 16.5. The molecule has 4 heterocycles. The summed E-state index contributed by atoms with van der Waals surface area (Å²) in [4.78, 5) is 23.8. The van der Waals surface area contributed by atoms with Gasteiger partial charge in [-0.15, -0.1) is 0 Å². The zero-order valence-corrected chi connectivity index (χ0v) is 15.5. The maximum absolute atomic E-state index is 12.3. The van der Waals surface area contributed by atoms with Gasteiger partial charge in [-0.05, 0) is 24.3 Å². The van der Waals surface area contributed by atoms with Gasteiger partial charge in [-0.3, -0.25) is 4.79 Å². The summed E-state index contributed by atoms with van der Waals surface area (Å²) in [5, 5.41) is 7.04. The molecule has 2 aliphatic rings. The molecule has 0 bridgehead atoms. The molecule has 8 heteroatoms. The molecule has 2 aliphatic heterocycles. The highest BCUT2D eigenvalue weighted by molar-refractivity contribution is 6.33. The molecule has 138 valence electrons. The maximum atomic E-state index is 12.3. The predicted octanol–water partition coefficient (Wildman–Crippen LogP) is 1.90. The monoisotopic (exact) mass is 382 g/mol. The summed E-state index contributed by atoms with van der Waals surface area (Å²) in [6.07, 6.45) is 1.64. The molecule has 0 unspecified atom stereocenters. The van der Waals surface area contributed by atoms with Gasteiger partial charge in [0.25, 0.3) is 5.91 Å². The minimum atomic E-state index is -0.0785. The molecule has 1 amide bonds. The molecule has 7 nitrogen and oxygen atoms in total. The van der Waals surface area contributed by atoms with Crippen LogP contribution in [-0.4, -0.2) is 53.2 Å². The van der Waals surface area contributed by atoms with Gasteiger partial charge in [0.1, 0.15) is 11.3 Å². The average Bonchev–Trinajstić information content (AvgIpc) is 2.98. The number of imidazole rings is 1. The van der Waals surface area contributed by atoms with Gasteiger partial charge in [0.05, 0.1) is 16.3 Å². The number of nitrogens with one attached hydrogen (secondary N) is 2. The van der Waals surface area contributed by atoms with Crippen molar-refractivity contribution >= 4 is 34.4 Å². The van der Waals surface area contributed by atoms with Crippen LogP contribution in [0.4, 0.5) is 5.69 Å². The van der Waals surface area contributed by atoms with Crippen molar-refractivity contribution in [1.29, 1.82) is 0 Å². The van der Waals surface area contributed by atoms with Gasteiger partial charge < -0.3 is 20.1 Å². The van der Waals surface area contributed by atoms with Crippen LogP contribution in [-0.2, 0) is 6.54 Å². The van der Waals surface area contributed by atoms with Crippen LogP contribution in [0, 0.1) is 0 Å². The molecular weight excluding hydrogens is 364 g/mol. The lowest BCUT2D eigenvalue weighted by Gasteiger charge is -2.30. The highest BCUT2D eigenvalue weighted by Gasteiger charge is 2.23. The molecule has 1 saturated heterocycles. The number of nitrogens with zero attached hydrogens (tertiary/aromatic N) is 4. The second kappa shape index (κ2) is 6.51. The molecule has 2 N–H and O–H groups in total. The van der Waals surface area contributed by atoms with Crippen LogP contribution in [0.15, 0.2) is 30.5 Å². The lowest BCUT2D eigenvalue weighted by molar-refractivity contribution is 0.0956. The number of pyridine rings is 1. The molecule has 3 aromatic rings. The van der Waals surface area contributed by atoms with Gasteiger partial charge in [0.15, 0.2) is 5.65 Å². The SMILES string of the molecule is O=C1NCCn2c(-c3ccc(Cl)c(N4CCNCC4)c3)nc3nccc1c32. The molecule has 0 saturated carbocycles. The van der Waals surface area contributed by atoms with Gasteiger partial charge in [-0.2, -0.15) is 0 Å². The largest absolute Gasteiger partial charge is 0.368 e. The minimum absolute atomic E-state index is 0.0785. The normalized spacial score (nSPS) is 17.1. The highest BCUT2D eigenvalue weighted by atomic mass is 35.5. The summed E-state index contributed by atoms with van der Waals surface area (Å²) in [6.45, 7) is 4.94. The standard InChI is InChI=1S/C19H19ClN6O/c20-14-2-1-12(11-15(14)25-8-5-21-6-9-25)18-24-17-16-13(3-4-22-17)19(27)23-7-10-26(16)18/h1-4,11,21H,5-10H2,(H,23,27). The number of rotatable bonds is 2. The van der Waals surface area contributed by atoms with E-state index in [0.29, 0.717) is 24.3 Å². The number of amides is 1. The van der Waals surface area contributed by atoms with Crippen molar-refractivity contribution in [3.05, 3.63) is 41.0 Å². The fourth-order valence-electron chi connectivity index (χ4n) is 3.86. The Labute approximate surface area is 161 Å². The van der Waals surface area contributed by atoms with E-state index in [2.05, 4.69) is 31.2 Å². The van der Waals surface area contributed by atoms with E-state index in [4.69, 9.17) is 16.6 Å². The third-order valence-corrected chi connectivity index (χ3v) is 5.49. The number of halogens is 1. The second-order valence-electron chi connectivity index (χ2n) is 6.78. The Balaban J connectivity index is 1.67. The van der Waals surface area contributed by atoms with Crippen molar-refractivity contribution in [3.63, 3.8) is 0 Å². The summed E-state index contributed by atoms with van der Waals surface area (Å²) in [5.41, 5.74) is 4.00. The molecule has 1 aromatic carbocycles. The summed E-state index contributed by atoms with van der Waals surface area (Å²) >= 11 is 6.49. The maximum Gasteiger partial charge on any atom is 0.253 e. The average molecular weight is 383 g/mol. The van der Waals surface area contributed by atoms with Crippen LogP contribution < -0.4 is 15.5 Å². The van der Waals surface area contributed by atoms with Crippen molar-refractivity contribution in [3.8, 4) is 11.4 Å². The van der Waals surface area contributed by atoms with Crippen molar-refractivity contribution in [2.75, 3.05) is 37.6 Å². The summed E-state index contributed by atoms with van der Waals surface area (Å²) in [7, 11) is 0. The Hall–Kier alpha value is -2.64. The van der Waals surface area contributed by atoms with E-state index in [9.17, 15) is 4.79 Å². The molecule has 2 aromatic heterocycles. The van der Waals surface area contributed by atoms with Crippen LogP contribution in [0.3, 0.4) is 0 Å². The van der Waals surface area contributed by atoms with E-state index in [1.165, 1.54) is 0 Å². The predicted molar refractivity (Wildman–Crippen MR) is 105 cm³/mol. The zero-order valence-electron chi connectivity index (χ0n) is 14.7. The molecule has 1 fully saturated rings. The molecule has 0 radical (unpaired) electrons. The third kappa shape index (κ3) is 2.74. The smallest absolute Gasteiger partial charge is 0.253 e. The quantitative estimate of drug-likeness (QED) is 0.708.